The largest absolute Gasteiger partial charge is 0.506 e. The molecule has 0 spiro atoms. The van der Waals surface area contributed by atoms with Gasteiger partial charge in [0, 0.05) is 12.4 Å². The third-order valence-corrected chi connectivity index (χ3v) is 4.55. The fourth-order valence-corrected chi connectivity index (χ4v) is 3.35. The van der Waals surface area contributed by atoms with E-state index in [1.807, 2.05) is 0 Å². The highest BCUT2D eigenvalue weighted by Gasteiger charge is 2.23. The molecule has 9 nitrogen and oxygen atoms in total. The first-order chi connectivity index (χ1) is 11.7. The normalized spacial score (nSPS) is 12.3. The lowest BCUT2D eigenvalue weighted by Crippen LogP contribution is -2.00. The van der Waals surface area contributed by atoms with Crippen LogP contribution < -0.4 is 0 Å². The van der Waals surface area contributed by atoms with Crippen LogP contribution >= 0.6 is 0 Å². The molecular weight excluding hydrogens is 348 g/mol. The lowest BCUT2D eigenvalue weighted by Gasteiger charge is -2.08. The highest BCUT2D eigenvalue weighted by Crippen LogP contribution is 2.41. The van der Waals surface area contributed by atoms with Gasteiger partial charge in [-0.1, -0.05) is 24.3 Å². The minimum atomic E-state index is -4.70. The minimum Gasteiger partial charge on any atom is -0.506 e. The van der Waals surface area contributed by atoms with Crippen LogP contribution in [0.5, 0.6) is 11.6 Å². The first kappa shape index (κ1) is 16.9. The zero-order valence-electron chi connectivity index (χ0n) is 13.2. The summed E-state index contributed by atoms with van der Waals surface area (Å²) in [6.45, 7) is 1.58. The van der Waals surface area contributed by atoms with E-state index in [9.17, 15) is 23.2 Å². The number of hydrogen-bond acceptors (Lipinski definition) is 7. The van der Waals surface area contributed by atoms with Gasteiger partial charge in [0.05, 0.1) is 5.69 Å². The smallest absolute Gasteiger partial charge is 0.297 e. The Bertz CT molecular complexity index is 1120. The van der Waals surface area contributed by atoms with Crippen LogP contribution in [-0.4, -0.2) is 33.0 Å². The molecule has 3 N–H and O–H groups in total. The molecule has 0 fully saturated rings. The first-order valence-corrected chi connectivity index (χ1v) is 8.50. The van der Waals surface area contributed by atoms with Crippen LogP contribution in [0.2, 0.25) is 0 Å². The van der Waals surface area contributed by atoms with Crippen molar-refractivity contribution in [1.29, 1.82) is 0 Å². The molecule has 0 radical (unpaired) electrons. The Kier molecular flexibility index (Phi) is 3.93. The van der Waals surface area contributed by atoms with Crippen molar-refractivity contribution >= 4 is 32.3 Å². The molecule has 10 heteroatoms. The lowest BCUT2D eigenvalue weighted by molar-refractivity contribution is 0.420. The molecule has 0 saturated heterocycles. The van der Waals surface area contributed by atoms with Gasteiger partial charge in [-0.2, -0.15) is 13.5 Å². The van der Waals surface area contributed by atoms with Gasteiger partial charge in [0.2, 0.25) is 5.88 Å². The summed E-state index contributed by atoms with van der Waals surface area (Å²) in [5, 5.41) is 32.1. The van der Waals surface area contributed by atoms with Crippen molar-refractivity contribution in [1.82, 2.24) is 9.78 Å². The second kappa shape index (κ2) is 5.83. The Hall–Kier alpha value is -2.98. The van der Waals surface area contributed by atoms with E-state index in [-0.39, 0.29) is 17.0 Å². The molecule has 0 atom stereocenters. The molecule has 0 aliphatic heterocycles. The minimum absolute atomic E-state index is 0.0244. The molecule has 0 saturated carbocycles. The van der Waals surface area contributed by atoms with Gasteiger partial charge in [-0.3, -0.25) is 4.55 Å². The van der Waals surface area contributed by atoms with Crippen LogP contribution in [0, 0.1) is 6.92 Å². The van der Waals surface area contributed by atoms with Gasteiger partial charge in [-0.25, -0.2) is 4.68 Å². The molecule has 3 rings (SSSR count). The maximum atomic E-state index is 11.8. The van der Waals surface area contributed by atoms with Crippen molar-refractivity contribution in [3.8, 4) is 11.6 Å². The number of aromatic nitrogens is 2. The van der Waals surface area contributed by atoms with Gasteiger partial charge < -0.3 is 10.2 Å². The molecular formula is C15H14N4O5S. The summed E-state index contributed by atoms with van der Waals surface area (Å²) >= 11 is 0. The fourth-order valence-electron chi connectivity index (χ4n) is 2.50. The van der Waals surface area contributed by atoms with Gasteiger partial charge in [0.1, 0.15) is 16.3 Å². The second-order valence-corrected chi connectivity index (χ2v) is 6.71. The Morgan fingerprint density at radius 1 is 1.12 bits per heavy atom. The number of phenolic OH excluding ortho intramolecular Hbond substituents is 1. The summed E-state index contributed by atoms with van der Waals surface area (Å²) in [6, 6.07) is 7.62. The Labute approximate surface area is 142 Å². The van der Waals surface area contributed by atoms with E-state index < -0.39 is 26.5 Å². The highest BCUT2D eigenvalue weighted by molar-refractivity contribution is 7.86. The van der Waals surface area contributed by atoms with Crippen molar-refractivity contribution in [2.45, 2.75) is 11.8 Å². The van der Waals surface area contributed by atoms with E-state index >= 15 is 0 Å². The number of phenols is 1. The Morgan fingerprint density at radius 2 is 1.76 bits per heavy atom. The summed E-state index contributed by atoms with van der Waals surface area (Å²) in [5.74, 6) is -0.744. The molecule has 1 heterocycles. The summed E-state index contributed by atoms with van der Waals surface area (Å²) in [4.78, 5) is -0.562. The predicted molar refractivity (Wildman–Crippen MR) is 89.2 cm³/mol. The van der Waals surface area contributed by atoms with Crippen molar-refractivity contribution < 1.29 is 23.2 Å². The van der Waals surface area contributed by atoms with Crippen molar-refractivity contribution in [3.63, 3.8) is 0 Å². The molecule has 0 unspecified atom stereocenters. The lowest BCUT2D eigenvalue weighted by atomic mass is 10.1. The average molecular weight is 362 g/mol. The van der Waals surface area contributed by atoms with Gasteiger partial charge in [0.15, 0.2) is 5.69 Å². The van der Waals surface area contributed by atoms with Crippen LogP contribution in [0.3, 0.4) is 0 Å². The first-order valence-electron chi connectivity index (χ1n) is 7.06. The van der Waals surface area contributed by atoms with Gasteiger partial charge >= 0.3 is 0 Å². The topological polar surface area (TPSA) is 137 Å². The summed E-state index contributed by atoms with van der Waals surface area (Å²) in [5.41, 5.74) is -0.0439. The maximum absolute atomic E-state index is 11.8. The van der Waals surface area contributed by atoms with Gasteiger partial charge in [0.25, 0.3) is 10.1 Å². The summed E-state index contributed by atoms with van der Waals surface area (Å²) in [6.07, 6.45) is 0. The summed E-state index contributed by atoms with van der Waals surface area (Å²) in [7, 11) is -3.20. The van der Waals surface area contributed by atoms with Gasteiger partial charge in [-0.15, -0.1) is 10.2 Å². The highest BCUT2D eigenvalue weighted by atomic mass is 32.2. The Morgan fingerprint density at radius 3 is 2.36 bits per heavy atom. The zero-order chi connectivity index (χ0) is 18.4. The fraction of sp³-hybridized carbons (Fsp3) is 0.133. The number of nitrogens with zero attached hydrogens (tertiary/aromatic N) is 4. The number of benzene rings is 2. The van der Waals surface area contributed by atoms with Crippen LogP contribution in [-0.2, 0) is 17.2 Å². The van der Waals surface area contributed by atoms with E-state index in [0.717, 1.165) is 0 Å². The predicted octanol–water partition coefficient (Wildman–Crippen LogP) is 2.96. The van der Waals surface area contributed by atoms with Crippen LogP contribution in [0.15, 0.2) is 45.5 Å². The number of hydrogen-bond donors (Lipinski definition) is 3. The molecule has 0 aliphatic rings. The molecule has 130 valence electrons. The van der Waals surface area contributed by atoms with E-state index in [1.165, 1.54) is 23.9 Å². The number of aryl methyl sites for hydroxylation is 2. The molecule has 0 amide bonds. The van der Waals surface area contributed by atoms with E-state index in [1.54, 1.807) is 25.1 Å². The molecule has 0 bridgehead atoms. The molecule has 0 aliphatic carbocycles. The number of fused-ring (bicyclic) bond motifs is 1. The molecule has 1 aromatic heterocycles. The van der Waals surface area contributed by atoms with Crippen LogP contribution in [0.4, 0.5) is 11.4 Å². The molecule has 2 aromatic carbocycles. The number of rotatable bonds is 3. The van der Waals surface area contributed by atoms with Crippen molar-refractivity contribution in [2.24, 2.45) is 17.3 Å². The number of aromatic hydroxyl groups is 2. The molecule has 3 aromatic rings. The van der Waals surface area contributed by atoms with E-state index in [4.69, 9.17) is 0 Å². The SMILES string of the molecule is Cc1nn(C)c(O)c1N=Nc1c(O)cc2ccccc2c1S(=O)(=O)O. The summed E-state index contributed by atoms with van der Waals surface area (Å²) < 4.78 is 34.5. The van der Waals surface area contributed by atoms with Gasteiger partial charge in [-0.05, 0) is 18.4 Å². The third-order valence-electron chi connectivity index (χ3n) is 3.62. The maximum Gasteiger partial charge on any atom is 0.297 e. The average Bonchev–Trinajstić information content (AvgIpc) is 2.76. The van der Waals surface area contributed by atoms with Crippen molar-refractivity contribution in [2.75, 3.05) is 0 Å². The number of azo groups is 1. The van der Waals surface area contributed by atoms with Crippen molar-refractivity contribution in [3.05, 3.63) is 36.0 Å². The van der Waals surface area contributed by atoms with Crippen LogP contribution in [0.1, 0.15) is 5.69 Å². The molecule has 25 heavy (non-hydrogen) atoms. The monoisotopic (exact) mass is 362 g/mol. The second-order valence-electron chi connectivity index (χ2n) is 5.35. The van der Waals surface area contributed by atoms with E-state index in [0.29, 0.717) is 11.1 Å². The quantitative estimate of drug-likeness (QED) is 0.484. The zero-order valence-corrected chi connectivity index (χ0v) is 14.1. The van der Waals surface area contributed by atoms with E-state index in [2.05, 4.69) is 15.3 Å². The standard InChI is InChI=1S/C15H14N4O5S/c1-8-12(15(21)19(2)18-8)16-17-13-11(20)7-9-5-3-4-6-10(9)14(13)25(22,23)24/h3-7,20-21H,1-2H3,(H,22,23,24). The third kappa shape index (κ3) is 2.92. The Balaban J connectivity index is 2.29. The van der Waals surface area contributed by atoms with Crippen LogP contribution in [0.25, 0.3) is 10.8 Å².